The Morgan fingerprint density at radius 3 is 1.57 bits per heavy atom. The zero-order chi connectivity index (χ0) is 17.5. The van der Waals surface area contributed by atoms with Crippen LogP contribution in [0.1, 0.15) is 73.1 Å². The Balaban J connectivity index is 3.95. The monoisotopic (exact) mass is 318 g/mol. The van der Waals surface area contributed by atoms with Gasteiger partial charge in [-0.2, -0.15) is 0 Å². The topological polar surface area (TPSA) is 26.3 Å². The maximum Gasteiger partial charge on any atom is 0.293 e. The van der Waals surface area contributed by atoms with Crippen LogP contribution in [0.25, 0.3) is 0 Å². The highest BCUT2D eigenvalue weighted by Gasteiger charge is 1.93. The first-order valence-electron chi connectivity index (χ1n) is 8.61. The quantitative estimate of drug-likeness (QED) is 0.239. The largest absolute Gasteiger partial charge is 0.464 e. The molecule has 23 heavy (non-hydrogen) atoms. The summed E-state index contributed by atoms with van der Waals surface area (Å²) in [4.78, 5) is 10.1. The van der Waals surface area contributed by atoms with Gasteiger partial charge in [-0.3, -0.25) is 4.79 Å². The lowest BCUT2D eigenvalue weighted by molar-refractivity contribution is -0.127. The summed E-state index contributed by atoms with van der Waals surface area (Å²) in [6, 6.07) is 0. The molecule has 0 atom stereocenters. The summed E-state index contributed by atoms with van der Waals surface area (Å²) >= 11 is 0. The van der Waals surface area contributed by atoms with Gasteiger partial charge < -0.3 is 4.74 Å². The number of carbonyl (C=O) groups is 1. The van der Waals surface area contributed by atoms with E-state index in [1.807, 2.05) is 6.08 Å². The molecule has 2 heteroatoms. The maximum atomic E-state index is 10.1. The molecule has 0 heterocycles. The van der Waals surface area contributed by atoms with E-state index in [2.05, 4.69) is 57.6 Å². The predicted octanol–water partition coefficient (Wildman–Crippen LogP) is 6.31. The van der Waals surface area contributed by atoms with Crippen LogP contribution in [0.2, 0.25) is 0 Å². The fourth-order valence-corrected chi connectivity index (χ4v) is 2.22. The minimum absolute atomic E-state index is 0.384. The molecule has 0 saturated carbocycles. The lowest BCUT2D eigenvalue weighted by Crippen LogP contribution is -1.88. The van der Waals surface area contributed by atoms with E-state index in [0.29, 0.717) is 13.1 Å². The molecule has 0 bridgehead atoms. The third kappa shape index (κ3) is 15.1. The molecule has 0 aliphatic carbocycles. The van der Waals surface area contributed by atoms with Crippen LogP contribution in [0.5, 0.6) is 0 Å². The van der Waals surface area contributed by atoms with Gasteiger partial charge in [0, 0.05) is 0 Å². The van der Waals surface area contributed by atoms with Gasteiger partial charge in [0.25, 0.3) is 6.47 Å². The number of hydrogen-bond donors (Lipinski definition) is 0. The van der Waals surface area contributed by atoms with Gasteiger partial charge in [-0.05, 0) is 79.2 Å². The molecule has 0 N–H and O–H groups in total. The molecule has 0 rings (SSSR count). The van der Waals surface area contributed by atoms with E-state index in [-0.39, 0.29) is 0 Å². The molecule has 130 valence electrons. The molecule has 0 aliphatic rings. The molecule has 0 saturated heterocycles. The average Bonchev–Trinajstić information content (AvgIpc) is 2.47. The van der Waals surface area contributed by atoms with E-state index in [4.69, 9.17) is 0 Å². The molecule has 0 amide bonds. The zero-order valence-corrected chi connectivity index (χ0v) is 15.7. The summed E-state index contributed by atoms with van der Waals surface area (Å²) in [5.41, 5.74) is 5.61. The van der Waals surface area contributed by atoms with E-state index in [0.717, 1.165) is 32.1 Å². The second-order valence-corrected chi connectivity index (χ2v) is 6.48. The van der Waals surface area contributed by atoms with E-state index >= 15 is 0 Å². The van der Waals surface area contributed by atoms with Crippen molar-refractivity contribution in [3.05, 3.63) is 46.6 Å². The molecule has 0 aliphatic heterocycles. The lowest BCUT2D eigenvalue weighted by Gasteiger charge is -2.02. The third-order valence-electron chi connectivity index (χ3n) is 3.75. The van der Waals surface area contributed by atoms with Crippen molar-refractivity contribution in [3.8, 4) is 0 Å². The zero-order valence-electron chi connectivity index (χ0n) is 15.7. The molecule has 0 unspecified atom stereocenters. The summed E-state index contributed by atoms with van der Waals surface area (Å²) in [5.74, 6) is 0. The van der Waals surface area contributed by atoms with Crippen LogP contribution in [-0.4, -0.2) is 13.1 Å². The number of rotatable bonds is 12. The molecule has 0 radical (unpaired) electrons. The van der Waals surface area contributed by atoms with Crippen LogP contribution < -0.4 is 0 Å². The van der Waals surface area contributed by atoms with Gasteiger partial charge in [0.1, 0.15) is 6.61 Å². The highest BCUT2D eigenvalue weighted by Crippen LogP contribution is 2.13. The molecular formula is C21H34O2. The van der Waals surface area contributed by atoms with Crippen molar-refractivity contribution in [3.63, 3.8) is 0 Å². The summed E-state index contributed by atoms with van der Waals surface area (Å²) in [5, 5.41) is 0. The molecule has 0 fully saturated rings. The van der Waals surface area contributed by atoms with Gasteiger partial charge in [0.15, 0.2) is 0 Å². The first-order chi connectivity index (χ1) is 11.0. The average molecular weight is 319 g/mol. The van der Waals surface area contributed by atoms with Crippen molar-refractivity contribution in [2.75, 3.05) is 6.61 Å². The van der Waals surface area contributed by atoms with Crippen molar-refractivity contribution < 1.29 is 9.53 Å². The van der Waals surface area contributed by atoms with Gasteiger partial charge in [-0.1, -0.05) is 40.5 Å². The fourth-order valence-electron chi connectivity index (χ4n) is 2.22. The Morgan fingerprint density at radius 2 is 1.13 bits per heavy atom. The Morgan fingerprint density at radius 1 is 0.696 bits per heavy atom. The number of ether oxygens (including phenoxy) is 1. The van der Waals surface area contributed by atoms with Crippen molar-refractivity contribution in [2.45, 2.75) is 73.1 Å². The van der Waals surface area contributed by atoms with Crippen LogP contribution in [0, 0.1) is 0 Å². The number of carbonyl (C=O) groups excluding carboxylic acids is 1. The van der Waals surface area contributed by atoms with E-state index in [1.165, 1.54) is 28.7 Å². The lowest BCUT2D eigenvalue weighted by atomic mass is 10.0. The standard InChI is InChI=1S/C21H34O2/c1-18(2)9-6-10-19(3)11-7-12-20(4)13-8-14-21(5)15-16-23-17-22/h9,11,13,15,17H,6-8,10,12,14,16H2,1-5H3/b19-11+,20-13?,21-15+. The minimum Gasteiger partial charge on any atom is -0.464 e. The van der Waals surface area contributed by atoms with Gasteiger partial charge in [0.2, 0.25) is 0 Å². The molecular weight excluding hydrogens is 284 g/mol. The smallest absolute Gasteiger partial charge is 0.293 e. The SMILES string of the molecule is CC(C)=CCC/C(C)=C/CCC(C)=CCC/C(C)=C/COC=O. The van der Waals surface area contributed by atoms with Crippen molar-refractivity contribution in [2.24, 2.45) is 0 Å². The Hall–Kier alpha value is -1.57. The maximum absolute atomic E-state index is 10.1. The highest BCUT2D eigenvalue weighted by atomic mass is 16.5. The van der Waals surface area contributed by atoms with Gasteiger partial charge in [-0.15, -0.1) is 0 Å². The first kappa shape index (κ1) is 21.4. The number of hydrogen-bond acceptors (Lipinski definition) is 2. The summed E-state index contributed by atoms with van der Waals surface area (Å²) in [6.07, 6.45) is 15.6. The molecule has 0 aromatic rings. The minimum atomic E-state index is 0.384. The predicted molar refractivity (Wildman–Crippen MR) is 100 cm³/mol. The van der Waals surface area contributed by atoms with Gasteiger partial charge in [-0.25, -0.2) is 0 Å². The highest BCUT2D eigenvalue weighted by molar-refractivity contribution is 5.37. The Labute approximate surface area is 143 Å². The Bertz CT molecular complexity index is 446. The third-order valence-corrected chi connectivity index (χ3v) is 3.75. The van der Waals surface area contributed by atoms with E-state index < -0.39 is 0 Å². The van der Waals surface area contributed by atoms with Crippen LogP contribution in [-0.2, 0) is 9.53 Å². The molecule has 0 aromatic carbocycles. The normalized spacial score (nSPS) is 13.0. The summed E-state index contributed by atoms with van der Waals surface area (Å²) in [7, 11) is 0. The van der Waals surface area contributed by atoms with Crippen molar-refractivity contribution >= 4 is 6.47 Å². The van der Waals surface area contributed by atoms with Crippen LogP contribution in [0.4, 0.5) is 0 Å². The molecule has 0 spiro atoms. The second-order valence-electron chi connectivity index (χ2n) is 6.48. The first-order valence-corrected chi connectivity index (χ1v) is 8.61. The summed E-state index contributed by atoms with van der Waals surface area (Å²) < 4.78 is 4.67. The van der Waals surface area contributed by atoms with Gasteiger partial charge >= 0.3 is 0 Å². The molecule has 2 nitrogen and oxygen atoms in total. The van der Waals surface area contributed by atoms with Crippen molar-refractivity contribution in [1.82, 2.24) is 0 Å². The van der Waals surface area contributed by atoms with E-state index in [1.54, 1.807) is 0 Å². The van der Waals surface area contributed by atoms with Gasteiger partial charge in [0.05, 0.1) is 0 Å². The van der Waals surface area contributed by atoms with Crippen LogP contribution in [0.3, 0.4) is 0 Å². The van der Waals surface area contributed by atoms with Crippen LogP contribution in [0.15, 0.2) is 46.6 Å². The number of allylic oxidation sites excluding steroid dienone is 7. The van der Waals surface area contributed by atoms with Crippen molar-refractivity contribution in [1.29, 1.82) is 0 Å². The second kappa shape index (κ2) is 14.0. The van der Waals surface area contributed by atoms with Crippen LogP contribution >= 0.6 is 0 Å². The van der Waals surface area contributed by atoms with E-state index in [9.17, 15) is 4.79 Å². The fraction of sp³-hybridized carbons (Fsp3) is 0.571. The Kier molecular flexibility index (Phi) is 13.1. The summed E-state index contributed by atoms with van der Waals surface area (Å²) in [6.45, 7) is 11.7. The molecule has 0 aromatic heterocycles.